The van der Waals surface area contributed by atoms with Crippen molar-refractivity contribution in [3.63, 3.8) is 0 Å². The van der Waals surface area contributed by atoms with Gasteiger partial charge in [0.25, 0.3) is 5.91 Å². The third-order valence-corrected chi connectivity index (χ3v) is 5.50. The molecule has 0 spiro atoms. The maximum absolute atomic E-state index is 13.3. The highest BCUT2D eigenvalue weighted by molar-refractivity contribution is 5.97. The molecule has 4 rings (SSSR count). The fourth-order valence-corrected chi connectivity index (χ4v) is 3.67. The Labute approximate surface area is 168 Å². The minimum Gasteiger partial charge on any atom is -0.445 e. The minimum atomic E-state index is -1.23. The van der Waals surface area contributed by atoms with Gasteiger partial charge in [0.05, 0.1) is 17.3 Å². The van der Waals surface area contributed by atoms with Crippen molar-refractivity contribution in [3.05, 3.63) is 77.9 Å². The van der Waals surface area contributed by atoms with Gasteiger partial charge in [0, 0.05) is 13.5 Å². The molecule has 0 radical (unpaired) electrons. The Morgan fingerprint density at radius 3 is 2.62 bits per heavy atom. The number of carbonyl (C=O) groups excluding carboxylic acids is 2. The molecule has 1 aromatic heterocycles. The van der Waals surface area contributed by atoms with E-state index in [0.29, 0.717) is 12.0 Å². The Kier molecular flexibility index (Phi) is 4.66. The summed E-state index contributed by atoms with van der Waals surface area (Å²) in [6, 6.07) is 14.8. The van der Waals surface area contributed by atoms with Crippen molar-refractivity contribution in [3.8, 4) is 5.69 Å². The smallest absolute Gasteiger partial charge is 0.339 e. The van der Waals surface area contributed by atoms with Crippen LogP contribution in [0.3, 0.4) is 0 Å². The third-order valence-electron chi connectivity index (χ3n) is 5.50. The van der Waals surface area contributed by atoms with Crippen LogP contribution in [-0.2, 0) is 16.0 Å². The molecule has 1 aliphatic heterocycles. The van der Waals surface area contributed by atoms with Crippen LogP contribution in [0, 0.1) is 0 Å². The van der Waals surface area contributed by atoms with Crippen LogP contribution in [0.25, 0.3) is 5.69 Å². The molecule has 0 aliphatic carbocycles. The van der Waals surface area contributed by atoms with Crippen molar-refractivity contribution in [2.45, 2.75) is 31.9 Å². The van der Waals surface area contributed by atoms with Crippen molar-refractivity contribution >= 4 is 11.9 Å². The molecule has 3 aromatic rings. The van der Waals surface area contributed by atoms with Crippen molar-refractivity contribution in [2.75, 3.05) is 7.05 Å². The number of fused-ring (bicyclic) bond motifs is 1. The Morgan fingerprint density at radius 2 is 1.93 bits per heavy atom. The monoisotopic (exact) mass is 390 g/mol. The number of amides is 1. The van der Waals surface area contributed by atoms with Gasteiger partial charge < -0.3 is 9.64 Å². The van der Waals surface area contributed by atoms with E-state index < -0.39 is 11.6 Å². The number of aromatic nitrogens is 3. The van der Waals surface area contributed by atoms with Gasteiger partial charge in [-0.1, -0.05) is 30.3 Å². The van der Waals surface area contributed by atoms with E-state index in [0.717, 1.165) is 16.8 Å². The number of esters is 1. The average Bonchev–Trinajstić information content (AvgIpc) is 3.27. The number of hydrogen-bond acceptors (Lipinski definition) is 5. The number of rotatable bonds is 4. The van der Waals surface area contributed by atoms with Crippen molar-refractivity contribution in [1.82, 2.24) is 19.7 Å². The van der Waals surface area contributed by atoms with E-state index in [1.807, 2.05) is 43.3 Å². The summed E-state index contributed by atoms with van der Waals surface area (Å²) in [6.45, 7) is 3.63. The van der Waals surface area contributed by atoms with E-state index in [4.69, 9.17) is 4.74 Å². The fourth-order valence-electron chi connectivity index (χ4n) is 3.67. The molecular formula is C22H22N4O3. The molecule has 2 unspecified atom stereocenters. The van der Waals surface area contributed by atoms with Crippen molar-refractivity contribution in [2.24, 2.45) is 0 Å². The van der Waals surface area contributed by atoms with Crippen LogP contribution in [0.2, 0.25) is 0 Å². The van der Waals surface area contributed by atoms with Crippen molar-refractivity contribution < 1.29 is 14.3 Å². The molecule has 7 nitrogen and oxygen atoms in total. The number of cyclic esters (lactones) is 1. The summed E-state index contributed by atoms with van der Waals surface area (Å²) >= 11 is 0. The zero-order valence-corrected chi connectivity index (χ0v) is 16.6. The average molecular weight is 390 g/mol. The molecule has 0 bridgehead atoms. The highest BCUT2D eigenvalue weighted by Gasteiger charge is 2.44. The lowest BCUT2D eigenvalue weighted by Gasteiger charge is -2.38. The lowest BCUT2D eigenvalue weighted by atomic mass is 9.88. The van der Waals surface area contributed by atoms with E-state index in [1.165, 1.54) is 6.33 Å². The maximum atomic E-state index is 13.3. The van der Waals surface area contributed by atoms with E-state index in [2.05, 4.69) is 10.1 Å². The van der Waals surface area contributed by atoms with Gasteiger partial charge in [-0.05, 0) is 43.2 Å². The standard InChI is InChI=1S/C22H22N4O3/c1-15(16-8-10-18(11-9-16)26-14-23-13-24-26)25(3)21(28)22(2)12-17-6-4-5-7-19(17)20(27)29-22/h4-11,13-15H,12H2,1-3H3. The zero-order valence-electron chi connectivity index (χ0n) is 16.6. The number of ether oxygens (including phenoxy) is 1. The SMILES string of the molecule is CC(c1ccc(-n2cncn2)cc1)N(C)C(=O)C1(C)Cc2ccccc2C(=O)O1. The summed E-state index contributed by atoms with van der Waals surface area (Å²) in [5.41, 5.74) is 1.98. The molecule has 1 aliphatic rings. The van der Waals surface area contributed by atoms with Crippen LogP contribution in [0.1, 0.15) is 41.4 Å². The lowest BCUT2D eigenvalue weighted by molar-refractivity contribution is -0.151. The Bertz CT molecular complexity index is 1050. The molecule has 2 aromatic carbocycles. The van der Waals surface area contributed by atoms with Crippen LogP contribution in [0.4, 0.5) is 0 Å². The topological polar surface area (TPSA) is 77.3 Å². The van der Waals surface area contributed by atoms with Crippen LogP contribution in [0.5, 0.6) is 0 Å². The Morgan fingerprint density at radius 1 is 1.21 bits per heavy atom. The molecule has 0 saturated heterocycles. The summed E-state index contributed by atoms with van der Waals surface area (Å²) in [4.78, 5) is 31.3. The quantitative estimate of drug-likeness (QED) is 0.640. The number of carbonyl (C=O) groups is 2. The second-order valence-corrected chi connectivity index (χ2v) is 7.48. The van der Waals surface area contributed by atoms with Crippen LogP contribution in [0.15, 0.2) is 61.2 Å². The first-order valence-electron chi connectivity index (χ1n) is 9.42. The minimum absolute atomic E-state index is 0.194. The van der Waals surface area contributed by atoms with Gasteiger partial charge in [-0.2, -0.15) is 5.10 Å². The highest BCUT2D eigenvalue weighted by Crippen LogP contribution is 2.32. The van der Waals surface area contributed by atoms with Gasteiger partial charge in [0.15, 0.2) is 5.60 Å². The van der Waals surface area contributed by atoms with E-state index in [1.54, 1.807) is 42.0 Å². The van der Waals surface area contributed by atoms with Gasteiger partial charge in [0.2, 0.25) is 0 Å². The van der Waals surface area contributed by atoms with Crippen LogP contribution < -0.4 is 0 Å². The zero-order chi connectivity index (χ0) is 20.6. The first-order chi connectivity index (χ1) is 13.9. The van der Waals surface area contributed by atoms with E-state index in [9.17, 15) is 9.59 Å². The van der Waals surface area contributed by atoms with Crippen molar-refractivity contribution in [1.29, 1.82) is 0 Å². The molecule has 148 valence electrons. The molecule has 0 N–H and O–H groups in total. The van der Waals surface area contributed by atoms with Gasteiger partial charge in [-0.3, -0.25) is 4.79 Å². The largest absolute Gasteiger partial charge is 0.445 e. The summed E-state index contributed by atoms with van der Waals surface area (Å²) < 4.78 is 7.26. The molecular weight excluding hydrogens is 368 g/mol. The van der Waals surface area contributed by atoms with Gasteiger partial charge in [-0.25, -0.2) is 14.5 Å². The third kappa shape index (κ3) is 3.40. The molecule has 2 heterocycles. The predicted molar refractivity (Wildman–Crippen MR) is 107 cm³/mol. The predicted octanol–water partition coefficient (Wildman–Crippen LogP) is 2.96. The van der Waals surface area contributed by atoms with Crippen LogP contribution >= 0.6 is 0 Å². The molecule has 2 atom stereocenters. The first-order valence-corrected chi connectivity index (χ1v) is 9.42. The molecule has 29 heavy (non-hydrogen) atoms. The van der Waals surface area contributed by atoms with Gasteiger partial charge in [0.1, 0.15) is 12.7 Å². The summed E-state index contributed by atoms with van der Waals surface area (Å²) in [7, 11) is 1.73. The van der Waals surface area contributed by atoms with E-state index in [-0.39, 0.29) is 11.9 Å². The second kappa shape index (κ2) is 7.16. The Balaban J connectivity index is 1.53. The summed E-state index contributed by atoms with van der Waals surface area (Å²) in [5.74, 6) is -0.686. The maximum Gasteiger partial charge on any atom is 0.339 e. The number of benzene rings is 2. The fraction of sp³-hybridized carbons (Fsp3) is 0.273. The summed E-state index contributed by atoms with van der Waals surface area (Å²) in [6.07, 6.45) is 3.47. The lowest BCUT2D eigenvalue weighted by Crippen LogP contribution is -2.52. The number of hydrogen-bond donors (Lipinski definition) is 0. The normalized spacial score (nSPS) is 19.2. The van der Waals surface area contributed by atoms with Gasteiger partial charge >= 0.3 is 5.97 Å². The van der Waals surface area contributed by atoms with Crippen LogP contribution in [-0.4, -0.2) is 44.2 Å². The first kappa shape index (κ1) is 18.9. The highest BCUT2D eigenvalue weighted by atomic mass is 16.6. The number of nitrogens with zero attached hydrogens (tertiary/aromatic N) is 4. The van der Waals surface area contributed by atoms with Gasteiger partial charge in [-0.15, -0.1) is 0 Å². The van der Waals surface area contributed by atoms with E-state index >= 15 is 0 Å². The molecule has 0 saturated carbocycles. The summed E-state index contributed by atoms with van der Waals surface area (Å²) in [5, 5.41) is 4.11. The Hall–Kier alpha value is -3.48. The second-order valence-electron chi connectivity index (χ2n) is 7.48. The molecule has 0 fully saturated rings. The molecule has 1 amide bonds. The number of likely N-dealkylation sites (N-methyl/N-ethyl adjacent to an activating group) is 1. The molecule has 7 heteroatoms.